The Morgan fingerprint density at radius 2 is 1.47 bits per heavy atom. The molecule has 0 saturated carbocycles. The van der Waals surface area contributed by atoms with E-state index < -0.39 is 36.2 Å². The molecule has 0 aliphatic heterocycles. The van der Waals surface area contributed by atoms with Gasteiger partial charge in [-0.2, -0.15) is 0 Å². The fourth-order valence-electron chi connectivity index (χ4n) is 3.22. The molecule has 2 N–H and O–H groups in total. The summed E-state index contributed by atoms with van der Waals surface area (Å²) in [6, 6.07) is 3.62. The Balaban J connectivity index is 2.96. The van der Waals surface area contributed by atoms with Crippen molar-refractivity contribution >= 4 is 24.1 Å². The molecule has 0 spiro atoms. The zero-order valence-corrected chi connectivity index (χ0v) is 23.4. The van der Waals surface area contributed by atoms with Crippen LogP contribution in [0.3, 0.4) is 0 Å². The van der Waals surface area contributed by atoms with Crippen LogP contribution in [-0.2, 0) is 30.3 Å². The minimum absolute atomic E-state index is 0.0421. The second-order valence-corrected chi connectivity index (χ2v) is 10.1. The number of carboxylic acid groups (broad SMARTS) is 1. The zero-order valence-electron chi connectivity index (χ0n) is 23.4. The summed E-state index contributed by atoms with van der Waals surface area (Å²) in [7, 11) is 0. The third kappa shape index (κ3) is 14.0. The summed E-state index contributed by atoms with van der Waals surface area (Å²) in [5, 5.41) is 12.6. The second-order valence-electron chi connectivity index (χ2n) is 10.1. The summed E-state index contributed by atoms with van der Waals surface area (Å²) >= 11 is 0. The fourth-order valence-corrected chi connectivity index (χ4v) is 3.22. The van der Waals surface area contributed by atoms with Gasteiger partial charge in [0.1, 0.15) is 12.1 Å². The molecule has 10 nitrogen and oxygen atoms in total. The largest absolute Gasteiger partial charge is 0.508 e. The molecule has 38 heavy (non-hydrogen) atoms. The van der Waals surface area contributed by atoms with Gasteiger partial charge in [-0.15, -0.1) is 0 Å². The highest BCUT2D eigenvalue weighted by Gasteiger charge is 2.22. The molecule has 10 heteroatoms. The molecule has 1 aromatic rings. The van der Waals surface area contributed by atoms with Gasteiger partial charge in [-0.1, -0.05) is 40.7 Å². The van der Waals surface area contributed by atoms with Crippen LogP contribution in [0.2, 0.25) is 0 Å². The molecule has 0 aliphatic carbocycles. The number of carboxylic acids is 1. The quantitative estimate of drug-likeness (QED) is 0.208. The molecule has 0 bridgehead atoms. The molecule has 1 unspecified atom stereocenters. The molecular weight excluding hydrogens is 494 g/mol. The van der Waals surface area contributed by atoms with E-state index >= 15 is 0 Å². The number of esters is 2. The van der Waals surface area contributed by atoms with Crippen molar-refractivity contribution in [1.29, 1.82) is 0 Å². The zero-order chi connectivity index (χ0) is 28.7. The molecule has 0 heterocycles. The number of carbonyl (C=O) groups excluding carboxylic acids is 3. The number of ether oxygens (including phenoxy) is 4. The van der Waals surface area contributed by atoms with Crippen molar-refractivity contribution in [2.45, 2.75) is 92.2 Å². The van der Waals surface area contributed by atoms with Gasteiger partial charge in [-0.3, -0.25) is 14.4 Å². The van der Waals surface area contributed by atoms with Gasteiger partial charge in [0.15, 0.2) is 11.5 Å². The molecule has 1 aromatic carbocycles. The predicted molar refractivity (Wildman–Crippen MR) is 141 cm³/mol. The Morgan fingerprint density at radius 3 is 2.00 bits per heavy atom. The van der Waals surface area contributed by atoms with E-state index in [-0.39, 0.29) is 43.9 Å². The van der Waals surface area contributed by atoms with Crippen LogP contribution >= 0.6 is 0 Å². The lowest BCUT2D eigenvalue weighted by atomic mass is 10.0. The van der Waals surface area contributed by atoms with E-state index in [0.717, 1.165) is 0 Å². The van der Waals surface area contributed by atoms with Gasteiger partial charge in [-0.25, -0.2) is 4.79 Å². The maximum Gasteiger partial charge on any atom is 0.508 e. The Kier molecular flexibility index (Phi) is 15.0. The minimum Gasteiger partial charge on any atom is -0.480 e. The highest BCUT2D eigenvalue weighted by molar-refractivity contribution is 5.77. The number of benzene rings is 1. The summed E-state index contributed by atoms with van der Waals surface area (Å²) in [6.07, 6.45) is 0.984. The third-order valence-electron chi connectivity index (χ3n) is 5.42. The summed E-state index contributed by atoms with van der Waals surface area (Å²) in [6.45, 7) is 11.8. The van der Waals surface area contributed by atoms with Gasteiger partial charge in [0.2, 0.25) is 0 Å². The normalized spacial score (nSPS) is 12.6. The molecule has 2 atom stereocenters. The molecule has 214 valence electrons. The lowest BCUT2D eigenvalue weighted by Crippen LogP contribution is -2.42. The lowest BCUT2D eigenvalue weighted by molar-refractivity contribution is -0.139. The number of hydrogen-bond donors (Lipinski definition) is 2. The summed E-state index contributed by atoms with van der Waals surface area (Å²) in [4.78, 5) is 48.2. The van der Waals surface area contributed by atoms with Crippen LogP contribution in [0.5, 0.6) is 11.5 Å². The van der Waals surface area contributed by atoms with Crippen LogP contribution in [0.1, 0.15) is 79.2 Å². The average molecular weight is 538 g/mol. The van der Waals surface area contributed by atoms with Crippen molar-refractivity contribution in [1.82, 2.24) is 5.32 Å². The Bertz CT molecular complexity index is 914. The monoisotopic (exact) mass is 537 g/mol. The van der Waals surface area contributed by atoms with Gasteiger partial charge >= 0.3 is 24.1 Å². The predicted octanol–water partition coefficient (Wildman–Crippen LogP) is 4.91. The summed E-state index contributed by atoms with van der Waals surface area (Å²) in [5.74, 6) is -1.21. The Hall–Kier alpha value is -3.14. The van der Waals surface area contributed by atoms with Crippen molar-refractivity contribution in [3.63, 3.8) is 0 Å². The van der Waals surface area contributed by atoms with Crippen LogP contribution < -0.4 is 14.8 Å². The Labute approximate surface area is 225 Å². The smallest absolute Gasteiger partial charge is 0.480 e. The van der Waals surface area contributed by atoms with Gasteiger partial charge in [-0.05, 0) is 62.1 Å². The van der Waals surface area contributed by atoms with E-state index in [1.54, 1.807) is 13.0 Å². The highest BCUT2D eigenvalue weighted by Crippen LogP contribution is 2.30. The first kappa shape index (κ1) is 32.9. The van der Waals surface area contributed by atoms with Gasteiger partial charge in [0, 0.05) is 19.4 Å². The van der Waals surface area contributed by atoms with Crippen molar-refractivity contribution in [2.24, 2.45) is 11.8 Å². The van der Waals surface area contributed by atoms with Crippen molar-refractivity contribution < 1.29 is 43.2 Å². The molecule has 0 aliphatic rings. The molecule has 0 radical (unpaired) electrons. The van der Waals surface area contributed by atoms with Crippen molar-refractivity contribution in [3.8, 4) is 11.5 Å². The average Bonchev–Trinajstić information content (AvgIpc) is 2.83. The van der Waals surface area contributed by atoms with E-state index in [4.69, 9.17) is 18.9 Å². The highest BCUT2D eigenvalue weighted by atomic mass is 16.7. The molecule has 1 rings (SSSR count). The van der Waals surface area contributed by atoms with Gasteiger partial charge in [0.25, 0.3) is 0 Å². The van der Waals surface area contributed by atoms with E-state index in [1.807, 2.05) is 34.6 Å². The molecular formula is C28H43NO9. The third-order valence-corrected chi connectivity index (χ3v) is 5.42. The first-order valence-electron chi connectivity index (χ1n) is 13.2. The lowest BCUT2D eigenvalue weighted by Gasteiger charge is -2.19. The number of carbonyl (C=O) groups is 4. The number of hydrogen-bond acceptors (Lipinski definition) is 9. The van der Waals surface area contributed by atoms with E-state index in [0.29, 0.717) is 36.7 Å². The first-order chi connectivity index (χ1) is 17.9. The van der Waals surface area contributed by atoms with Crippen LogP contribution in [0, 0.1) is 11.8 Å². The molecule has 0 saturated heterocycles. The summed E-state index contributed by atoms with van der Waals surface area (Å²) in [5.41, 5.74) is 0.550. The van der Waals surface area contributed by atoms with Crippen LogP contribution in [0.4, 0.5) is 4.79 Å². The van der Waals surface area contributed by atoms with Crippen LogP contribution in [0.15, 0.2) is 18.2 Å². The fraction of sp³-hybridized carbons (Fsp3) is 0.643. The first-order valence-corrected chi connectivity index (χ1v) is 13.2. The van der Waals surface area contributed by atoms with Crippen LogP contribution in [0.25, 0.3) is 0 Å². The van der Waals surface area contributed by atoms with E-state index in [9.17, 15) is 24.3 Å². The van der Waals surface area contributed by atoms with Gasteiger partial charge in [0.05, 0.1) is 6.61 Å². The molecule has 0 aromatic heterocycles. The summed E-state index contributed by atoms with van der Waals surface area (Å²) < 4.78 is 21.0. The van der Waals surface area contributed by atoms with Crippen molar-refractivity contribution in [2.75, 3.05) is 13.2 Å². The topological polar surface area (TPSA) is 137 Å². The Morgan fingerprint density at radius 1 is 0.895 bits per heavy atom. The standard InChI is InChI=1S/C28H43NO9/c1-7-14-35-28(34)36-20(6)17-29-22(27(32)33)15-21-10-11-23(37-25(30)12-8-18(2)3)24(16-21)38-26(31)13-9-19(4)5/h10-11,16,18-20,22,29H,7-9,12-15,17H2,1-6H3,(H,32,33)/t20?,22-/m0/s1. The van der Waals surface area contributed by atoms with E-state index in [2.05, 4.69) is 5.32 Å². The SMILES string of the molecule is CCCOC(=O)OC(C)CN[C@@H](Cc1ccc(OC(=O)CCC(C)C)c(OC(=O)CCC(C)C)c1)C(=O)O. The maximum absolute atomic E-state index is 12.4. The van der Waals surface area contributed by atoms with Crippen molar-refractivity contribution in [3.05, 3.63) is 23.8 Å². The number of nitrogens with one attached hydrogen (secondary N) is 1. The second kappa shape index (κ2) is 17.4. The minimum atomic E-state index is -1.11. The maximum atomic E-state index is 12.4. The van der Waals surface area contributed by atoms with Crippen LogP contribution in [-0.4, -0.2) is 54.5 Å². The number of aliphatic carboxylic acids is 1. The van der Waals surface area contributed by atoms with Gasteiger partial charge < -0.3 is 29.4 Å². The molecule has 0 fully saturated rings. The number of rotatable bonds is 17. The molecule has 0 amide bonds. The van der Waals surface area contributed by atoms with E-state index in [1.165, 1.54) is 12.1 Å².